The standard InChI is InChI=1S/C12H11Br2N3O2/c1-6(2)11-10(12(18)19)15-16-17(11)9-4-3-7(13)5-8(9)14/h3-6H,1-2H3,(H,18,19). The molecule has 7 heteroatoms. The van der Waals surface area contributed by atoms with Crippen molar-refractivity contribution in [3.63, 3.8) is 0 Å². The Hall–Kier alpha value is -1.21. The normalized spacial score (nSPS) is 11.0. The molecule has 0 saturated heterocycles. The first-order valence-electron chi connectivity index (χ1n) is 5.56. The molecule has 5 nitrogen and oxygen atoms in total. The van der Waals surface area contributed by atoms with Gasteiger partial charge in [0.2, 0.25) is 0 Å². The predicted molar refractivity (Wildman–Crippen MR) is 77.8 cm³/mol. The van der Waals surface area contributed by atoms with Gasteiger partial charge in [0.25, 0.3) is 0 Å². The Labute approximate surface area is 126 Å². The van der Waals surface area contributed by atoms with Gasteiger partial charge < -0.3 is 5.11 Å². The third kappa shape index (κ3) is 2.71. The Morgan fingerprint density at radius 3 is 2.58 bits per heavy atom. The van der Waals surface area contributed by atoms with E-state index in [4.69, 9.17) is 5.11 Å². The van der Waals surface area contributed by atoms with E-state index in [2.05, 4.69) is 42.2 Å². The summed E-state index contributed by atoms with van der Waals surface area (Å²) in [6, 6.07) is 5.59. The number of aromatic carboxylic acids is 1. The number of carboxylic acids is 1. The van der Waals surface area contributed by atoms with Crippen LogP contribution in [0.1, 0.15) is 35.9 Å². The van der Waals surface area contributed by atoms with Gasteiger partial charge in [0.15, 0.2) is 5.69 Å². The second kappa shape index (κ2) is 5.42. The van der Waals surface area contributed by atoms with Gasteiger partial charge in [-0.15, -0.1) is 5.10 Å². The molecule has 0 atom stereocenters. The van der Waals surface area contributed by atoms with Gasteiger partial charge in [-0.2, -0.15) is 0 Å². The van der Waals surface area contributed by atoms with Crippen LogP contribution >= 0.6 is 31.9 Å². The zero-order chi connectivity index (χ0) is 14.2. The molecule has 0 radical (unpaired) electrons. The van der Waals surface area contributed by atoms with E-state index in [1.807, 2.05) is 32.0 Å². The summed E-state index contributed by atoms with van der Waals surface area (Å²) >= 11 is 6.82. The fraction of sp³-hybridized carbons (Fsp3) is 0.250. The molecule has 1 aromatic heterocycles. The average Bonchev–Trinajstić information content (AvgIpc) is 2.73. The number of rotatable bonds is 3. The molecule has 2 aromatic rings. The Bertz CT molecular complexity index is 638. The number of carboxylic acid groups (broad SMARTS) is 1. The first-order chi connectivity index (χ1) is 8.91. The average molecular weight is 389 g/mol. The molecule has 0 fully saturated rings. The summed E-state index contributed by atoms with van der Waals surface area (Å²) < 4.78 is 3.29. The van der Waals surface area contributed by atoms with E-state index < -0.39 is 5.97 Å². The maximum atomic E-state index is 11.2. The number of hydrogen-bond donors (Lipinski definition) is 1. The van der Waals surface area contributed by atoms with E-state index in [-0.39, 0.29) is 11.6 Å². The van der Waals surface area contributed by atoms with Crippen molar-refractivity contribution in [3.05, 3.63) is 38.5 Å². The third-order valence-electron chi connectivity index (χ3n) is 2.59. The van der Waals surface area contributed by atoms with E-state index in [0.29, 0.717) is 5.69 Å². The fourth-order valence-corrected chi connectivity index (χ4v) is 3.01. The summed E-state index contributed by atoms with van der Waals surface area (Å²) in [6.45, 7) is 3.82. The fourth-order valence-electron chi connectivity index (χ4n) is 1.79. The number of aromatic nitrogens is 3. The molecule has 0 aliphatic carbocycles. The van der Waals surface area contributed by atoms with Gasteiger partial charge in [0.05, 0.1) is 11.4 Å². The Morgan fingerprint density at radius 1 is 1.37 bits per heavy atom. The maximum Gasteiger partial charge on any atom is 0.358 e. The first-order valence-corrected chi connectivity index (χ1v) is 7.14. The van der Waals surface area contributed by atoms with E-state index in [1.54, 1.807) is 4.68 Å². The molecule has 100 valence electrons. The number of carbonyl (C=O) groups is 1. The van der Waals surface area contributed by atoms with Crippen LogP contribution in [0.2, 0.25) is 0 Å². The second-order valence-corrected chi connectivity index (χ2v) is 6.06. The van der Waals surface area contributed by atoms with Crippen LogP contribution < -0.4 is 0 Å². The van der Waals surface area contributed by atoms with Crippen LogP contribution in [0.25, 0.3) is 5.69 Å². The summed E-state index contributed by atoms with van der Waals surface area (Å²) in [6.07, 6.45) is 0. The van der Waals surface area contributed by atoms with E-state index in [9.17, 15) is 4.79 Å². The summed E-state index contributed by atoms with van der Waals surface area (Å²) in [5, 5.41) is 16.9. The highest BCUT2D eigenvalue weighted by Crippen LogP contribution is 2.28. The van der Waals surface area contributed by atoms with E-state index in [1.165, 1.54) is 0 Å². The van der Waals surface area contributed by atoms with E-state index >= 15 is 0 Å². The minimum atomic E-state index is -1.07. The summed E-state index contributed by atoms with van der Waals surface area (Å²) in [5.41, 5.74) is 1.33. The molecule has 0 unspecified atom stereocenters. The Kier molecular flexibility index (Phi) is 4.05. The molecule has 2 rings (SSSR count). The number of halogens is 2. The van der Waals surface area contributed by atoms with Crippen LogP contribution in [0.15, 0.2) is 27.1 Å². The number of nitrogens with zero attached hydrogens (tertiary/aromatic N) is 3. The van der Waals surface area contributed by atoms with Crippen LogP contribution in [0.3, 0.4) is 0 Å². The van der Waals surface area contributed by atoms with E-state index in [0.717, 1.165) is 14.6 Å². The second-order valence-electron chi connectivity index (χ2n) is 4.29. The quantitative estimate of drug-likeness (QED) is 0.871. The highest BCUT2D eigenvalue weighted by molar-refractivity contribution is 9.11. The van der Waals surface area contributed by atoms with Gasteiger partial charge in [-0.05, 0) is 40.0 Å². The Morgan fingerprint density at radius 2 is 2.05 bits per heavy atom. The molecule has 19 heavy (non-hydrogen) atoms. The lowest BCUT2D eigenvalue weighted by atomic mass is 10.1. The molecule has 0 amide bonds. The van der Waals surface area contributed by atoms with Crippen molar-refractivity contribution in [2.75, 3.05) is 0 Å². The van der Waals surface area contributed by atoms with Crippen molar-refractivity contribution >= 4 is 37.8 Å². The highest BCUT2D eigenvalue weighted by atomic mass is 79.9. The lowest BCUT2D eigenvalue weighted by molar-refractivity contribution is 0.0688. The summed E-state index contributed by atoms with van der Waals surface area (Å²) in [4.78, 5) is 11.2. The Balaban J connectivity index is 2.65. The first kappa shape index (κ1) is 14.2. The molecular weight excluding hydrogens is 378 g/mol. The van der Waals surface area contributed by atoms with Gasteiger partial charge in [0.1, 0.15) is 0 Å². The smallest absolute Gasteiger partial charge is 0.358 e. The van der Waals surface area contributed by atoms with Crippen molar-refractivity contribution in [2.45, 2.75) is 19.8 Å². The van der Waals surface area contributed by atoms with Crippen molar-refractivity contribution in [2.24, 2.45) is 0 Å². The third-order valence-corrected chi connectivity index (χ3v) is 3.72. The molecule has 0 saturated carbocycles. The largest absolute Gasteiger partial charge is 0.476 e. The van der Waals surface area contributed by atoms with Gasteiger partial charge in [-0.25, -0.2) is 9.48 Å². The SMILES string of the molecule is CC(C)c1c(C(=O)O)nnn1-c1ccc(Br)cc1Br. The molecule has 0 bridgehead atoms. The van der Waals surface area contributed by atoms with Crippen molar-refractivity contribution in [3.8, 4) is 5.69 Å². The monoisotopic (exact) mass is 387 g/mol. The van der Waals surface area contributed by atoms with Crippen LogP contribution in [0, 0.1) is 0 Å². The maximum absolute atomic E-state index is 11.2. The molecule has 0 spiro atoms. The summed E-state index contributed by atoms with van der Waals surface area (Å²) in [5.74, 6) is -1.07. The molecule has 1 N–H and O–H groups in total. The molecule has 1 heterocycles. The van der Waals surface area contributed by atoms with Crippen molar-refractivity contribution < 1.29 is 9.90 Å². The molecule has 0 aliphatic rings. The number of benzene rings is 1. The van der Waals surface area contributed by atoms with Crippen LogP contribution in [0.4, 0.5) is 0 Å². The van der Waals surface area contributed by atoms with Crippen LogP contribution in [-0.2, 0) is 0 Å². The zero-order valence-electron chi connectivity index (χ0n) is 10.3. The van der Waals surface area contributed by atoms with Gasteiger partial charge in [-0.3, -0.25) is 0 Å². The van der Waals surface area contributed by atoms with Crippen molar-refractivity contribution in [1.82, 2.24) is 15.0 Å². The molecule has 0 aliphatic heterocycles. The van der Waals surface area contributed by atoms with Crippen LogP contribution in [0.5, 0.6) is 0 Å². The number of hydrogen-bond acceptors (Lipinski definition) is 3. The molecular formula is C12H11Br2N3O2. The van der Waals surface area contributed by atoms with Crippen LogP contribution in [-0.4, -0.2) is 26.1 Å². The lowest BCUT2D eigenvalue weighted by Gasteiger charge is -2.11. The minimum absolute atomic E-state index is 0.00310. The topological polar surface area (TPSA) is 68.0 Å². The van der Waals surface area contributed by atoms with Crippen molar-refractivity contribution in [1.29, 1.82) is 0 Å². The van der Waals surface area contributed by atoms with Gasteiger partial charge in [0, 0.05) is 8.95 Å². The summed E-state index contributed by atoms with van der Waals surface area (Å²) in [7, 11) is 0. The predicted octanol–water partition coefficient (Wildman–Crippen LogP) is 3.61. The highest BCUT2D eigenvalue weighted by Gasteiger charge is 2.23. The van der Waals surface area contributed by atoms with Gasteiger partial charge >= 0.3 is 5.97 Å². The molecule has 1 aromatic carbocycles. The zero-order valence-corrected chi connectivity index (χ0v) is 13.4. The minimum Gasteiger partial charge on any atom is -0.476 e. The van der Waals surface area contributed by atoms with Gasteiger partial charge in [-0.1, -0.05) is 35.0 Å². The lowest BCUT2D eigenvalue weighted by Crippen LogP contribution is -2.08.